The van der Waals surface area contributed by atoms with E-state index in [1.54, 1.807) is 18.4 Å². The molecular formula is C18H23N3O2S. The van der Waals surface area contributed by atoms with Gasteiger partial charge in [-0.3, -0.25) is 4.99 Å². The molecule has 1 atom stereocenters. The third-order valence-electron chi connectivity index (χ3n) is 3.84. The molecule has 2 heterocycles. The van der Waals surface area contributed by atoms with Gasteiger partial charge in [-0.05, 0) is 23.6 Å². The Kier molecular flexibility index (Phi) is 5.59. The lowest BCUT2D eigenvalue weighted by Gasteiger charge is -2.16. The van der Waals surface area contributed by atoms with E-state index in [9.17, 15) is 0 Å². The van der Waals surface area contributed by atoms with Crippen molar-refractivity contribution in [2.75, 3.05) is 32.1 Å². The Bertz CT molecular complexity index is 686. The predicted molar refractivity (Wildman–Crippen MR) is 99.8 cm³/mol. The third kappa shape index (κ3) is 4.20. The summed E-state index contributed by atoms with van der Waals surface area (Å²) in [6, 6.07) is 10.1. The summed E-state index contributed by atoms with van der Waals surface area (Å²) in [4.78, 5) is 5.66. The van der Waals surface area contributed by atoms with Crippen molar-refractivity contribution in [3.63, 3.8) is 0 Å². The Balaban J connectivity index is 1.60. The van der Waals surface area contributed by atoms with Crippen molar-refractivity contribution in [3.8, 4) is 11.5 Å². The van der Waals surface area contributed by atoms with Crippen molar-refractivity contribution < 1.29 is 9.47 Å². The van der Waals surface area contributed by atoms with E-state index in [2.05, 4.69) is 40.1 Å². The molecule has 2 aromatic rings. The molecule has 0 saturated carbocycles. The second-order valence-electron chi connectivity index (χ2n) is 5.71. The third-order valence-corrected chi connectivity index (χ3v) is 4.94. The number of anilines is 1. The molecular weight excluding hydrogens is 322 g/mol. The van der Waals surface area contributed by atoms with Crippen LogP contribution in [0.1, 0.15) is 24.1 Å². The van der Waals surface area contributed by atoms with Crippen LogP contribution in [0, 0.1) is 0 Å². The Morgan fingerprint density at radius 2 is 2.08 bits per heavy atom. The summed E-state index contributed by atoms with van der Waals surface area (Å²) >= 11 is 1.78. The van der Waals surface area contributed by atoms with Gasteiger partial charge in [-0.15, -0.1) is 11.3 Å². The quantitative estimate of drug-likeness (QED) is 0.655. The van der Waals surface area contributed by atoms with Gasteiger partial charge in [0.1, 0.15) is 0 Å². The molecule has 0 fully saturated rings. The first-order valence-corrected chi connectivity index (χ1v) is 9.05. The van der Waals surface area contributed by atoms with E-state index in [0.29, 0.717) is 19.1 Å². The normalized spacial score (nSPS) is 15.5. The van der Waals surface area contributed by atoms with Crippen LogP contribution in [0.4, 0.5) is 5.69 Å². The summed E-state index contributed by atoms with van der Waals surface area (Å²) in [5.74, 6) is 2.76. The number of nitrogens with zero attached hydrogens (tertiary/aromatic N) is 1. The molecule has 6 heteroatoms. The van der Waals surface area contributed by atoms with E-state index in [4.69, 9.17) is 9.47 Å². The summed E-state index contributed by atoms with van der Waals surface area (Å²) in [6.45, 7) is 4.41. The van der Waals surface area contributed by atoms with Crippen LogP contribution in [0.5, 0.6) is 11.5 Å². The second-order valence-corrected chi connectivity index (χ2v) is 6.69. The number of fused-ring (bicyclic) bond motifs is 1. The average Bonchev–Trinajstić information content (AvgIpc) is 3.04. The number of thiophene rings is 1. The van der Waals surface area contributed by atoms with Crippen LogP contribution < -0.4 is 20.1 Å². The minimum Gasteiger partial charge on any atom is -0.490 e. The van der Waals surface area contributed by atoms with Crippen molar-refractivity contribution in [3.05, 3.63) is 40.6 Å². The van der Waals surface area contributed by atoms with E-state index in [0.717, 1.165) is 36.1 Å². The molecule has 0 spiro atoms. The molecule has 0 aliphatic carbocycles. The molecule has 3 rings (SSSR count). The fourth-order valence-corrected chi connectivity index (χ4v) is 3.27. The number of hydrogen-bond acceptors (Lipinski definition) is 4. The number of nitrogens with one attached hydrogen (secondary N) is 2. The van der Waals surface area contributed by atoms with E-state index < -0.39 is 0 Å². The average molecular weight is 345 g/mol. The highest BCUT2D eigenvalue weighted by atomic mass is 32.1. The highest BCUT2D eigenvalue weighted by molar-refractivity contribution is 7.10. The molecule has 5 nitrogen and oxygen atoms in total. The minimum atomic E-state index is 0.437. The van der Waals surface area contributed by atoms with Crippen molar-refractivity contribution >= 4 is 23.0 Å². The molecule has 1 aliphatic heterocycles. The second kappa shape index (κ2) is 8.06. The largest absolute Gasteiger partial charge is 0.490 e. The Labute approximate surface area is 146 Å². The van der Waals surface area contributed by atoms with Gasteiger partial charge in [0.05, 0.1) is 13.2 Å². The fraction of sp³-hybridized carbons (Fsp3) is 0.389. The molecule has 2 N–H and O–H groups in total. The zero-order valence-corrected chi connectivity index (χ0v) is 14.9. The molecule has 0 saturated heterocycles. The first-order chi connectivity index (χ1) is 11.8. The first-order valence-electron chi connectivity index (χ1n) is 8.17. The number of rotatable bonds is 4. The first kappa shape index (κ1) is 16.6. The van der Waals surface area contributed by atoms with Gasteiger partial charge < -0.3 is 20.1 Å². The standard InChI is InChI=1S/C18H23N3O2S/c1-13(17-5-3-10-24-17)12-20-18(19-2)21-14-6-7-15-16(11-14)23-9-4-8-22-15/h3,5-7,10-11,13H,4,8-9,12H2,1-2H3,(H2,19,20,21). The van der Waals surface area contributed by atoms with Crippen LogP contribution in [0.25, 0.3) is 0 Å². The maximum Gasteiger partial charge on any atom is 0.195 e. The van der Waals surface area contributed by atoms with E-state index >= 15 is 0 Å². The van der Waals surface area contributed by atoms with Crippen molar-refractivity contribution in [2.24, 2.45) is 4.99 Å². The van der Waals surface area contributed by atoms with Gasteiger partial charge in [-0.1, -0.05) is 13.0 Å². The number of guanidine groups is 1. The Morgan fingerprint density at radius 3 is 2.83 bits per heavy atom. The van der Waals surface area contributed by atoms with Gasteiger partial charge in [-0.25, -0.2) is 0 Å². The summed E-state index contributed by atoms with van der Waals surface area (Å²) in [5.41, 5.74) is 0.927. The molecule has 1 unspecified atom stereocenters. The maximum absolute atomic E-state index is 5.73. The summed E-state index contributed by atoms with van der Waals surface area (Å²) in [5, 5.41) is 8.79. The number of hydrogen-bond donors (Lipinski definition) is 2. The van der Waals surface area contributed by atoms with Crippen molar-refractivity contribution in [2.45, 2.75) is 19.3 Å². The summed E-state index contributed by atoms with van der Waals surface area (Å²) in [7, 11) is 1.77. The van der Waals surface area contributed by atoms with E-state index in [1.165, 1.54) is 4.88 Å². The molecule has 128 valence electrons. The van der Waals surface area contributed by atoms with Gasteiger partial charge in [0, 0.05) is 42.6 Å². The van der Waals surface area contributed by atoms with Crippen LogP contribution in [0.3, 0.4) is 0 Å². The lowest BCUT2D eigenvalue weighted by molar-refractivity contribution is 0.297. The summed E-state index contributed by atoms with van der Waals surface area (Å²) < 4.78 is 11.4. The highest BCUT2D eigenvalue weighted by Gasteiger charge is 2.12. The lowest BCUT2D eigenvalue weighted by Crippen LogP contribution is -2.33. The maximum atomic E-state index is 5.73. The molecule has 0 bridgehead atoms. The van der Waals surface area contributed by atoms with Crippen molar-refractivity contribution in [1.29, 1.82) is 0 Å². The van der Waals surface area contributed by atoms with Gasteiger partial charge in [0.2, 0.25) is 0 Å². The Morgan fingerprint density at radius 1 is 1.25 bits per heavy atom. The van der Waals surface area contributed by atoms with Gasteiger partial charge in [0.15, 0.2) is 17.5 Å². The van der Waals surface area contributed by atoms with E-state index in [-0.39, 0.29) is 0 Å². The topological polar surface area (TPSA) is 54.9 Å². The zero-order valence-electron chi connectivity index (χ0n) is 14.0. The number of aliphatic imine (C=N–C) groups is 1. The van der Waals surface area contributed by atoms with Crippen LogP contribution in [-0.4, -0.2) is 32.8 Å². The summed E-state index contributed by atoms with van der Waals surface area (Å²) in [6.07, 6.45) is 0.904. The monoisotopic (exact) mass is 345 g/mol. The van der Waals surface area contributed by atoms with Gasteiger partial charge in [-0.2, -0.15) is 0 Å². The lowest BCUT2D eigenvalue weighted by atomic mass is 10.1. The van der Waals surface area contributed by atoms with Crippen LogP contribution in [0.2, 0.25) is 0 Å². The molecule has 24 heavy (non-hydrogen) atoms. The number of benzene rings is 1. The molecule has 1 aromatic heterocycles. The van der Waals surface area contributed by atoms with E-state index in [1.807, 2.05) is 18.2 Å². The zero-order chi connectivity index (χ0) is 16.8. The van der Waals surface area contributed by atoms with Crippen molar-refractivity contribution in [1.82, 2.24) is 5.32 Å². The number of ether oxygens (including phenoxy) is 2. The van der Waals surface area contributed by atoms with Crippen LogP contribution in [0.15, 0.2) is 40.7 Å². The predicted octanol–water partition coefficient (Wildman–Crippen LogP) is 3.70. The SMILES string of the molecule is CN=C(NCC(C)c1cccs1)Nc1ccc2c(c1)OCCCO2. The molecule has 0 radical (unpaired) electrons. The molecule has 0 amide bonds. The highest BCUT2D eigenvalue weighted by Crippen LogP contribution is 2.32. The Hall–Kier alpha value is -2.21. The molecule has 1 aliphatic rings. The fourth-order valence-electron chi connectivity index (χ4n) is 2.48. The van der Waals surface area contributed by atoms with Crippen LogP contribution >= 0.6 is 11.3 Å². The van der Waals surface area contributed by atoms with Gasteiger partial charge >= 0.3 is 0 Å². The van der Waals surface area contributed by atoms with Gasteiger partial charge in [0.25, 0.3) is 0 Å². The van der Waals surface area contributed by atoms with Crippen LogP contribution in [-0.2, 0) is 0 Å². The molecule has 1 aromatic carbocycles. The minimum absolute atomic E-state index is 0.437. The smallest absolute Gasteiger partial charge is 0.195 e.